The molecule has 9 nitrogen and oxygen atoms in total. The van der Waals surface area contributed by atoms with Crippen molar-refractivity contribution in [3.05, 3.63) is 53.3 Å². The van der Waals surface area contributed by atoms with Crippen LogP contribution in [0.2, 0.25) is 5.02 Å². The highest BCUT2D eigenvalue weighted by Gasteiger charge is 2.18. The maximum absolute atomic E-state index is 12.7. The molecule has 0 radical (unpaired) electrons. The number of anilines is 1. The van der Waals surface area contributed by atoms with Crippen molar-refractivity contribution in [1.29, 1.82) is 0 Å². The molecular formula is C20H19ClF2N6O3. The SMILES string of the molecule is O=C(c1ccc(OCNc2ncc(Cl)c(-c3ccn(C(F)F)n3)n2)cc1)N1CCOCC1. The van der Waals surface area contributed by atoms with Gasteiger partial charge in [0.2, 0.25) is 5.95 Å². The quantitative estimate of drug-likeness (QED) is 0.536. The molecule has 3 heterocycles. The lowest BCUT2D eigenvalue weighted by molar-refractivity contribution is 0.0303. The van der Waals surface area contributed by atoms with Crippen molar-refractivity contribution in [2.75, 3.05) is 38.4 Å². The van der Waals surface area contributed by atoms with Crippen molar-refractivity contribution >= 4 is 23.5 Å². The van der Waals surface area contributed by atoms with Crippen molar-refractivity contribution in [2.24, 2.45) is 0 Å². The Labute approximate surface area is 186 Å². The third kappa shape index (κ3) is 5.11. The van der Waals surface area contributed by atoms with Crippen LogP contribution in [0.5, 0.6) is 5.75 Å². The topological polar surface area (TPSA) is 94.4 Å². The number of rotatable bonds is 7. The van der Waals surface area contributed by atoms with Gasteiger partial charge >= 0.3 is 6.55 Å². The molecule has 1 aliphatic heterocycles. The lowest BCUT2D eigenvalue weighted by Crippen LogP contribution is -2.40. The Hall–Kier alpha value is -3.31. The van der Waals surface area contributed by atoms with Gasteiger partial charge in [-0.2, -0.15) is 13.9 Å². The molecule has 32 heavy (non-hydrogen) atoms. The molecule has 0 unspecified atom stereocenters. The summed E-state index contributed by atoms with van der Waals surface area (Å²) in [5.74, 6) is 0.686. The molecule has 0 spiro atoms. The zero-order valence-corrected chi connectivity index (χ0v) is 17.5. The average Bonchev–Trinajstić information content (AvgIpc) is 3.31. The Morgan fingerprint density at radius 2 is 1.97 bits per heavy atom. The summed E-state index contributed by atoms with van der Waals surface area (Å²) >= 11 is 6.09. The minimum absolute atomic E-state index is 0.0311. The van der Waals surface area contributed by atoms with Gasteiger partial charge in [-0.3, -0.25) is 4.79 Å². The van der Waals surface area contributed by atoms with Crippen LogP contribution in [0.4, 0.5) is 14.7 Å². The molecule has 1 saturated heterocycles. The number of nitrogens with zero attached hydrogens (tertiary/aromatic N) is 5. The van der Waals surface area contributed by atoms with E-state index in [4.69, 9.17) is 21.1 Å². The molecule has 1 aromatic carbocycles. The predicted octanol–water partition coefficient (Wildman–Crippen LogP) is 3.31. The Morgan fingerprint density at radius 3 is 2.66 bits per heavy atom. The Balaban J connectivity index is 1.34. The van der Waals surface area contributed by atoms with Crippen molar-refractivity contribution in [3.63, 3.8) is 0 Å². The number of nitrogens with one attached hydrogen (secondary N) is 1. The van der Waals surface area contributed by atoms with Gasteiger partial charge in [0.25, 0.3) is 5.91 Å². The summed E-state index contributed by atoms with van der Waals surface area (Å²) in [7, 11) is 0. The van der Waals surface area contributed by atoms with E-state index in [0.29, 0.717) is 42.3 Å². The Morgan fingerprint density at radius 1 is 1.22 bits per heavy atom. The van der Waals surface area contributed by atoms with E-state index in [1.54, 1.807) is 29.2 Å². The monoisotopic (exact) mass is 464 g/mol. The van der Waals surface area contributed by atoms with Gasteiger partial charge in [0.05, 0.1) is 24.4 Å². The molecule has 3 aromatic rings. The number of ether oxygens (including phenoxy) is 2. The highest BCUT2D eigenvalue weighted by molar-refractivity contribution is 6.32. The standard InChI is InChI=1S/C20H19ClF2N6O3/c21-15-11-24-20(26-17(15)16-5-6-29(27-16)19(22)23)25-12-32-14-3-1-13(2-4-14)18(30)28-7-9-31-10-8-28/h1-6,11,19H,7-10,12H2,(H,24,25,26). The lowest BCUT2D eigenvalue weighted by atomic mass is 10.2. The number of halogens is 3. The number of benzene rings is 1. The third-order valence-electron chi connectivity index (χ3n) is 4.66. The molecule has 4 rings (SSSR count). The number of hydrogen-bond acceptors (Lipinski definition) is 7. The van der Waals surface area contributed by atoms with Gasteiger partial charge in [-0.1, -0.05) is 11.6 Å². The number of aromatic nitrogens is 4. The second kappa shape index (κ2) is 9.88. The van der Waals surface area contributed by atoms with Crippen LogP contribution in [0.1, 0.15) is 16.9 Å². The first-order valence-corrected chi connectivity index (χ1v) is 10.1. The van der Waals surface area contributed by atoms with Crippen LogP contribution in [0.15, 0.2) is 42.7 Å². The van der Waals surface area contributed by atoms with Crippen molar-refractivity contribution in [3.8, 4) is 17.1 Å². The van der Waals surface area contributed by atoms with Crippen LogP contribution in [0.25, 0.3) is 11.4 Å². The highest BCUT2D eigenvalue weighted by atomic mass is 35.5. The van der Waals surface area contributed by atoms with Gasteiger partial charge in [0, 0.05) is 24.8 Å². The van der Waals surface area contributed by atoms with Crippen LogP contribution < -0.4 is 10.1 Å². The number of hydrogen-bond donors (Lipinski definition) is 1. The van der Waals surface area contributed by atoms with Crippen LogP contribution in [0.3, 0.4) is 0 Å². The van der Waals surface area contributed by atoms with E-state index in [1.807, 2.05) is 0 Å². The second-order valence-electron chi connectivity index (χ2n) is 6.74. The van der Waals surface area contributed by atoms with E-state index < -0.39 is 6.55 Å². The van der Waals surface area contributed by atoms with E-state index in [1.165, 1.54) is 12.3 Å². The van der Waals surface area contributed by atoms with Gasteiger partial charge in [0.15, 0.2) is 6.73 Å². The van der Waals surface area contributed by atoms with E-state index >= 15 is 0 Å². The van der Waals surface area contributed by atoms with Crippen molar-refractivity contribution in [1.82, 2.24) is 24.6 Å². The van der Waals surface area contributed by atoms with E-state index in [-0.39, 0.29) is 35.0 Å². The molecule has 1 N–H and O–H groups in total. The summed E-state index contributed by atoms with van der Waals surface area (Å²) in [4.78, 5) is 22.5. The molecular weight excluding hydrogens is 446 g/mol. The molecule has 2 aromatic heterocycles. The molecule has 1 aliphatic rings. The van der Waals surface area contributed by atoms with Gasteiger partial charge in [0.1, 0.15) is 17.1 Å². The fourth-order valence-corrected chi connectivity index (χ4v) is 3.22. The van der Waals surface area contributed by atoms with Gasteiger partial charge in [-0.05, 0) is 30.3 Å². The fourth-order valence-electron chi connectivity index (χ4n) is 3.03. The average molecular weight is 465 g/mol. The molecule has 12 heteroatoms. The summed E-state index contributed by atoms with van der Waals surface area (Å²) in [6.45, 7) is -0.490. The molecule has 168 valence electrons. The number of alkyl halides is 2. The minimum atomic E-state index is -2.76. The molecule has 1 fully saturated rings. The minimum Gasteiger partial charge on any atom is -0.473 e. The van der Waals surface area contributed by atoms with E-state index in [9.17, 15) is 13.6 Å². The first-order valence-electron chi connectivity index (χ1n) is 9.71. The van der Waals surface area contributed by atoms with Crippen molar-refractivity contribution < 1.29 is 23.0 Å². The molecule has 1 amide bonds. The molecule has 0 aliphatic carbocycles. The summed E-state index contributed by atoms with van der Waals surface area (Å²) < 4.78 is 36.9. The van der Waals surface area contributed by atoms with E-state index in [0.717, 1.165) is 6.20 Å². The molecule has 0 saturated carbocycles. The predicted molar refractivity (Wildman–Crippen MR) is 112 cm³/mol. The maximum Gasteiger partial charge on any atom is 0.333 e. The zero-order valence-electron chi connectivity index (χ0n) is 16.7. The maximum atomic E-state index is 12.7. The van der Waals surface area contributed by atoms with Crippen LogP contribution in [-0.4, -0.2) is 63.6 Å². The van der Waals surface area contributed by atoms with Gasteiger partial charge in [-0.25, -0.2) is 14.6 Å². The van der Waals surface area contributed by atoms with Crippen LogP contribution >= 0.6 is 11.6 Å². The number of carbonyl (C=O) groups is 1. The molecule has 0 bridgehead atoms. The van der Waals surface area contributed by atoms with Crippen LogP contribution in [-0.2, 0) is 4.74 Å². The summed E-state index contributed by atoms with van der Waals surface area (Å²) in [6.07, 6.45) is 2.49. The Kier molecular flexibility index (Phi) is 6.76. The van der Waals surface area contributed by atoms with Gasteiger partial charge in [-0.15, -0.1) is 0 Å². The lowest BCUT2D eigenvalue weighted by Gasteiger charge is -2.26. The number of carbonyl (C=O) groups excluding carboxylic acids is 1. The largest absolute Gasteiger partial charge is 0.473 e. The number of amides is 1. The highest BCUT2D eigenvalue weighted by Crippen LogP contribution is 2.25. The van der Waals surface area contributed by atoms with Crippen LogP contribution in [0, 0.1) is 0 Å². The second-order valence-corrected chi connectivity index (χ2v) is 7.15. The summed E-state index contributed by atoms with van der Waals surface area (Å²) in [5.41, 5.74) is 0.984. The first-order chi connectivity index (χ1) is 15.5. The summed E-state index contributed by atoms with van der Waals surface area (Å²) in [5, 5.41) is 6.81. The Bertz CT molecular complexity index is 1070. The zero-order chi connectivity index (χ0) is 22.5. The number of morpholine rings is 1. The first kappa shape index (κ1) is 21.9. The molecule has 0 atom stereocenters. The normalized spacial score (nSPS) is 13.9. The fraction of sp³-hybridized carbons (Fsp3) is 0.300. The smallest absolute Gasteiger partial charge is 0.333 e. The summed E-state index contributed by atoms with van der Waals surface area (Å²) in [6, 6.07) is 8.17. The van der Waals surface area contributed by atoms with Crippen molar-refractivity contribution in [2.45, 2.75) is 6.55 Å². The third-order valence-corrected chi connectivity index (χ3v) is 4.94. The van der Waals surface area contributed by atoms with Gasteiger partial charge < -0.3 is 19.7 Å². The van der Waals surface area contributed by atoms with E-state index in [2.05, 4.69) is 20.4 Å².